The molecule has 1 heterocycles. The highest BCUT2D eigenvalue weighted by Gasteiger charge is 2.30. The standard InChI is InChI=1S/C8H16O2/c1-6-5-7(2)10-8(3,4)9-6/h6-7H,5H2,1-4H3/t6-,7+. The monoisotopic (exact) mass is 144 g/mol. The normalized spacial score (nSPS) is 39.6. The molecular weight excluding hydrogens is 128 g/mol. The first-order valence-corrected chi connectivity index (χ1v) is 3.85. The van der Waals surface area contributed by atoms with Crippen molar-refractivity contribution in [1.29, 1.82) is 0 Å². The van der Waals surface area contributed by atoms with Gasteiger partial charge in [0.15, 0.2) is 5.79 Å². The van der Waals surface area contributed by atoms with Gasteiger partial charge in [0.05, 0.1) is 12.2 Å². The van der Waals surface area contributed by atoms with Gasteiger partial charge >= 0.3 is 0 Å². The highest BCUT2D eigenvalue weighted by Crippen LogP contribution is 2.25. The molecule has 0 aromatic rings. The SMILES string of the molecule is C[C@@H]1C[C@H](C)OC(C)(C)O1. The van der Waals surface area contributed by atoms with Crippen molar-refractivity contribution >= 4 is 0 Å². The van der Waals surface area contributed by atoms with Crippen LogP contribution in [-0.4, -0.2) is 18.0 Å². The molecule has 0 unspecified atom stereocenters. The molecule has 0 N–H and O–H groups in total. The third kappa shape index (κ3) is 1.96. The fraction of sp³-hybridized carbons (Fsp3) is 1.00. The van der Waals surface area contributed by atoms with Crippen LogP contribution in [0.2, 0.25) is 0 Å². The first kappa shape index (κ1) is 8.02. The van der Waals surface area contributed by atoms with Crippen molar-refractivity contribution in [2.75, 3.05) is 0 Å². The Morgan fingerprint density at radius 3 is 1.80 bits per heavy atom. The maximum atomic E-state index is 5.52. The van der Waals surface area contributed by atoms with Crippen LogP contribution in [-0.2, 0) is 9.47 Å². The summed E-state index contributed by atoms with van der Waals surface area (Å²) in [5, 5.41) is 0. The van der Waals surface area contributed by atoms with Gasteiger partial charge in [-0.3, -0.25) is 0 Å². The molecule has 2 heteroatoms. The minimum Gasteiger partial charge on any atom is -0.347 e. The number of rotatable bonds is 0. The first-order chi connectivity index (χ1) is 4.49. The highest BCUT2D eigenvalue weighted by atomic mass is 16.7. The third-order valence-electron chi connectivity index (χ3n) is 1.63. The lowest BCUT2D eigenvalue weighted by molar-refractivity contribution is -0.292. The van der Waals surface area contributed by atoms with Crippen LogP contribution in [0.5, 0.6) is 0 Å². The Bertz CT molecular complexity index is 108. The number of hydrogen-bond acceptors (Lipinski definition) is 2. The minimum absolute atomic E-state index is 0.332. The summed E-state index contributed by atoms with van der Waals surface area (Å²) in [5.41, 5.74) is 0. The van der Waals surface area contributed by atoms with E-state index >= 15 is 0 Å². The molecule has 10 heavy (non-hydrogen) atoms. The van der Waals surface area contributed by atoms with Crippen LogP contribution < -0.4 is 0 Å². The molecule has 1 saturated heterocycles. The molecule has 2 atom stereocenters. The Kier molecular flexibility index (Phi) is 2.02. The predicted octanol–water partition coefficient (Wildman–Crippen LogP) is 1.94. The average Bonchev–Trinajstić information content (AvgIpc) is 1.54. The van der Waals surface area contributed by atoms with Gasteiger partial charge in [0.2, 0.25) is 0 Å². The van der Waals surface area contributed by atoms with Crippen molar-refractivity contribution in [3.63, 3.8) is 0 Å². The van der Waals surface area contributed by atoms with Crippen LogP contribution >= 0.6 is 0 Å². The van der Waals surface area contributed by atoms with Crippen LogP contribution in [0.15, 0.2) is 0 Å². The van der Waals surface area contributed by atoms with Crippen molar-refractivity contribution in [2.45, 2.75) is 52.1 Å². The summed E-state index contributed by atoms with van der Waals surface area (Å²) in [5.74, 6) is -0.378. The first-order valence-electron chi connectivity index (χ1n) is 3.85. The molecule has 60 valence electrons. The molecular formula is C8H16O2. The fourth-order valence-corrected chi connectivity index (χ4v) is 1.56. The third-order valence-corrected chi connectivity index (χ3v) is 1.63. The van der Waals surface area contributed by atoms with E-state index in [1.807, 2.05) is 13.8 Å². The molecule has 1 rings (SSSR count). The lowest BCUT2D eigenvalue weighted by Gasteiger charge is -2.38. The van der Waals surface area contributed by atoms with Gasteiger partial charge < -0.3 is 9.47 Å². The second-order valence-electron chi connectivity index (χ2n) is 3.49. The van der Waals surface area contributed by atoms with E-state index < -0.39 is 0 Å². The lowest BCUT2D eigenvalue weighted by atomic mass is 10.1. The molecule has 0 aliphatic carbocycles. The maximum Gasteiger partial charge on any atom is 0.163 e. The molecule has 0 saturated carbocycles. The molecule has 0 radical (unpaired) electrons. The Morgan fingerprint density at radius 1 is 1.10 bits per heavy atom. The summed E-state index contributed by atoms with van der Waals surface area (Å²) in [4.78, 5) is 0. The van der Waals surface area contributed by atoms with Crippen molar-refractivity contribution in [2.24, 2.45) is 0 Å². The zero-order chi connectivity index (χ0) is 7.78. The molecule has 1 fully saturated rings. The highest BCUT2D eigenvalue weighted by molar-refractivity contribution is 4.70. The van der Waals surface area contributed by atoms with Crippen molar-refractivity contribution in [3.05, 3.63) is 0 Å². The molecule has 0 amide bonds. The quantitative estimate of drug-likeness (QED) is 0.517. The summed E-state index contributed by atoms with van der Waals surface area (Å²) in [6, 6.07) is 0. The molecule has 1 aliphatic heterocycles. The molecule has 1 aliphatic rings. The van der Waals surface area contributed by atoms with Gasteiger partial charge in [0, 0.05) is 0 Å². The Morgan fingerprint density at radius 2 is 1.50 bits per heavy atom. The van der Waals surface area contributed by atoms with Gasteiger partial charge in [-0.1, -0.05) is 0 Å². The van der Waals surface area contributed by atoms with E-state index in [1.165, 1.54) is 0 Å². The summed E-state index contributed by atoms with van der Waals surface area (Å²) in [6.07, 6.45) is 1.67. The second-order valence-corrected chi connectivity index (χ2v) is 3.49. The van der Waals surface area contributed by atoms with Crippen LogP contribution in [0.1, 0.15) is 34.1 Å². The van der Waals surface area contributed by atoms with Crippen LogP contribution in [0.4, 0.5) is 0 Å². The lowest BCUT2D eigenvalue weighted by Crippen LogP contribution is -2.42. The van der Waals surface area contributed by atoms with Crippen molar-refractivity contribution < 1.29 is 9.47 Å². The topological polar surface area (TPSA) is 18.5 Å². The van der Waals surface area contributed by atoms with Gasteiger partial charge in [-0.15, -0.1) is 0 Å². The van der Waals surface area contributed by atoms with Gasteiger partial charge in [0.25, 0.3) is 0 Å². The maximum absolute atomic E-state index is 5.52. The smallest absolute Gasteiger partial charge is 0.163 e. The Balaban J connectivity index is 2.51. The van der Waals surface area contributed by atoms with Crippen molar-refractivity contribution in [3.8, 4) is 0 Å². The number of hydrogen-bond donors (Lipinski definition) is 0. The summed E-state index contributed by atoms with van der Waals surface area (Å²) < 4.78 is 11.0. The van der Waals surface area contributed by atoms with Gasteiger partial charge in [-0.25, -0.2) is 0 Å². The fourth-order valence-electron chi connectivity index (χ4n) is 1.56. The van der Waals surface area contributed by atoms with Crippen LogP contribution in [0.3, 0.4) is 0 Å². The minimum atomic E-state index is -0.378. The average molecular weight is 144 g/mol. The van der Waals surface area contributed by atoms with E-state index in [1.54, 1.807) is 0 Å². The molecule has 0 bridgehead atoms. The molecule has 0 aromatic heterocycles. The van der Waals surface area contributed by atoms with Gasteiger partial charge in [-0.05, 0) is 34.1 Å². The van der Waals surface area contributed by atoms with Gasteiger partial charge in [-0.2, -0.15) is 0 Å². The van der Waals surface area contributed by atoms with E-state index in [0.717, 1.165) is 6.42 Å². The van der Waals surface area contributed by atoms with E-state index in [2.05, 4.69) is 13.8 Å². The molecule has 2 nitrogen and oxygen atoms in total. The summed E-state index contributed by atoms with van der Waals surface area (Å²) in [6.45, 7) is 8.08. The Labute approximate surface area is 62.5 Å². The molecule has 0 aromatic carbocycles. The van der Waals surface area contributed by atoms with Crippen LogP contribution in [0, 0.1) is 0 Å². The van der Waals surface area contributed by atoms with E-state index in [-0.39, 0.29) is 5.79 Å². The summed E-state index contributed by atoms with van der Waals surface area (Å²) in [7, 11) is 0. The van der Waals surface area contributed by atoms with E-state index in [9.17, 15) is 0 Å². The second kappa shape index (κ2) is 2.51. The number of ether oxygens (including phenoxy) is 2. The van der Waals surface area contributed by atoms with Crippen molar-refractivity contribution in [1.82, 2.24) is 0 Å². The predicted molar refractivity (Wildman–Crippen MR) is 39.8 cm³/mol. The zero-order valence-electron chi connectivity index (χ0n) is 7.18. The summed E-state index contributed by atoms with van der Waals surface area (Å²) >= 11 is 0. The molecule has 0 spiro atoms. The zero-order valence-corrected chi connectivity index (χ0v) is 7.18. The largest absolute Gasteiger partial charge is 0.347 e. The van der Waals surface area contributed by atoms with Gasteiger partial charge in [0.1, 0.15) is 0 Å². The van der Waals surface area contributed by atoms with E-state index in [0.29, 0.717) is 12.2 Å². The van der Waals surface area contributed by atoms with Crippen LogP contribution in [0.25, 0.3) is 0 Å². The Hall–Kier alpha value is -0.0800. The van der Waals surface area contributed by atoms with E-state index in [4.69, 9.17) is 9.47 Å².